The first-order chi connectivity index (χ1) is 9.57. The molecule has 6 nitrogen and oxygen atoms in total. The first kappa shape index (κ1) is 17.6. The fraction of sp³-hybridized carbons (Fsp3) is 0.462. The second kappa shape index (κ2) is 6.57. The van der Waals surface area contributed by atoms with E-state index in [9.17, 15) is 21.6 Å². The summed E-state index contributed by atoms with van der Waals surface area (Å²) >= 11 is 0. The smallest absolute Gasteiger partial charge is 0.232 e. The maximum absolute atomic E-state index is 12.0. The lowest BCUT2D eigenvalue weighted by atomic mass is 10.1. The Balaban J connectivity index is 2.91. The van der Waals surface area contributed by atoms with Gasteiger partial charge in [-0.25, -0.2) is 16.8 Å². The van der Waals surface area contributed by atoms with Crippen molar-refractivity contribution in [1.29, 1.82) is 0 Å². The predicted molar refractivity (Wildman–Crippen MR) is 82.8 cm³/mol. The number of nitrogens with one attached hydrogen (secondary N) is 1. The van der Waals surface area contributed by atoms with Gasteiger partial charge >= 0.3 is 0 Å². The number of sulfone groups is 1. The number of anilines is 1. The topological polar surface area (TPSA) is 97.4 Å². The van der Waals surface area contributed by atoms with E-state index >= 15 is 0 Å². The summed E-state index contributed by atoms with van der Waals surface area (Å²) < 4.78 is 48.3. The Morgan fingerprint density at radius 2 is 1.67 bits per heavy atom. The van der Waals surface area contributed by atoms with E-state index in [-0.39, 0.29) is 11.3 Å². The molecule has 0 aromatic heterocycles. The van der Waals surface area contributed by atoms with E-state index in [2.05, 4.69) is 4.72 Å². The molecule has 0 saturated heterocycles. The summed E-state index contributed by atoms with van der Waals surface area (Å²) in [6.07, 6.45) is 1.50. The molecule has 0 heterocycles. The first-order valence-corrected chi connectivity index (χ1v) is 10.0. The van der Waals surface area contributed by atoms with Crippen LogP contribution in [0.4, 0.5) is 5.69 Å². The van der Waals surface area contributed by atoms with Crippen LogP contribution in [0.5, 0.6) is 0 Å². The summed E-state index contributed by atoms with van der Waals surface area (Å²) in [5, 5.41) is -1.12. The number of ketones is 1. The lowest BCUT2D eigenvalue weighted by molar-refractivity contribution is 0.0991. The van der Waals surface area contributed by atoms with Crippen LogP contribution in [0.15, 0.2) is 24.3 Å². The highest BCUT2D eigenvalue weighted by Crippen LogP contribution is 2.15. The Labute approximate surface area is 125 Å². The van der Waals surface area contributed by atoms with Gasteiger partial charge in [0.1, 0.15) is 5.25 Å². The van der Waals surface area contributed by atoms with Crippen molar-refractivity contribution in [2.24, 2.45) is 0 Å². The molecule has 0 aliphatic heterocycles. The number of carbonyl (C=O) groups excluding carboxylic acids is 1. The number of Topliss-reactive ketones (excluding diaryl/α,β-unsaturated/α-hetero) is 1. The van der Waals surface area contributed by atoms with Gasteiger partial charge in [0.2, 0.25) is 10.0 Å². The summed E-state index contributed by atoms with van der Waals surface area (Å²) in [6, 6.07) is 5.70. The van der Waals surface area contributed by atoms with E-state index in [1.54, 1.807) is 6.92 Å². The Hall–Kier alpha value is -1.41. The monoisotopic (exact) mass is 333 g/mol. The fourth-order valence-electron chi connectivity index (χ4n) is 1.63. The predicted octanol–water partition coefficient (Wildman–Crippen LogP) is 1.45. The number of benzene rings is 1. The maximum atomic E-state index is 12.0. The molecular formula is C13H19NO5S2. The average molecular weight is 333 g/mol. The molecule has 1 aromatic rings. The highest BCUT2D eigenvalue weighted by Gasteiger charge is 2.24. The van der Waals surface area contributed by atoms with Crippen molar-refractivity contribution in [2.45, 2.75) is 25.5 Å². The van der Waals surface area contributed by atoms with Gasteiger partial charge in [0.15, 0.2) is 15.6 Å². The minimum absolute atomic E-state index is 0.0127. The van der Waals surface area contributed by atoms with Crippen LogP contribution in [0.25, 0.3) is 0 Å². The van der Waals surface area contributed by atoms with E-state index in [0.29, 0.717) is 12.1 Å². The molecule has 0 saturated carbocycles. The molecule has 0 spiro atoms. The molecule has 8 heteroatoms. The van der Waals surface area contributed by atoms with E-state index in [1.807, 2.05) is 0 Å². The van der Waals surface area contributed by atoms with Crippen LogP contribution in [-0.4, -0.2) is 39.9 Å². The quantitative estimate of drug-likeness (QED) is 0.762. The van der Waals surface area contributed by atoms with Gasteiger partial charge in [-0.3, -0.25) is 9.52 Å². The standard InChI is InChI=1S/C13H19NO5S2/c1-4-9-21(18,19)14-12-7-5-11(6-8-12)13(15)10(2)20(3,16)17/h5-8,10,14H,4,9H2,1-3H3. The number of hydrogen-bond donors (Lipinski definition) is 1. The zero-order chi connectivity index (χ0) is 16.3. The Bertz CT molecular complexity index is 705. The number of carbonyl (C=O) groups is 1. The van der Waals surface area contributed by atoms with Crippen LogP contribution in [0.3, 0.4) is 0 Å². The lowest BCUT2D eigenvalue weighted by Gasteiger charge is -2.10. The molecule has 0 radical (unpaired) electrons. The van der Waals surface area contributed by atoms with Crippen molar-refractivity contribution in [3.8, 4) is 0 Å². The van der Waals surface area contributed by atoms with Gasteiger partial charge in [0.25, 0.3) is 0 Å². The van der Waals surface area contributed by atoms with Crippen LogP contribution >= 0.6 is 0 Å². The lowest BCUT2D eigenvalue weighted by Crippen LogP contribution is -2.26. The van der Waals surface area contributed by atoms with Gasteiger partial charge in [0.05, 0.1) is 5.75 Å². The maximum Gasteiger partial charge on any atom is 0.232 e. The SMILES string of the molecule is CCCS(=O)(=O)Nc1ccc(C(=O)C(C)S(C)(=O)=O)cc1. The first-order valence-electron chi connectivity index (χ1n) is 6.40. The van der Waals surface area contributed by atoms with E-state index in [1.165, 1.54) is 31.2 Å². The van der Waals surface area contributed by atoms with Crippen LogP contribution < -0.4 is 4.72 Å². The summed E-state index contributed by atoms with van der Waals surface area (Å²) in [4.78, 5) is 12.0. The Morgan fingerprint density at radius 3 is 2.10 bits per heavy atom. The van der Waals surface area contributed by atoms with Crippen molar-refractivity contribution in [3.63, 3.8) is 0 Å². The van der Waals surface area contributed by atoms with Crippen molar-refractivity contribution < 1.29 is 21.6 Å². The molecule has 1 unspecified atom stereocenters. The molecule has 0 aliphatic rings. The molecule has 1 atom stereocenters. The minimum atomic E-state index is -3.46. The van der Waals surface area contributed by atoms with E-state index < -0.39 is 30.9 Å². The van der Waals surface area contributed by atoms with Gasteiger partial charge in [0, 0.05) is 17.5 Å². The molecule has 0 bridgehead atoms. The Morgan fingerprint density at radius 1 is 1.14 bits per heavy atom. The third-order valence-electron chi connectivity index (χ3n) is 2.93. The third-order valence-corrected chi connectivity index (χ3v) is 5.92. The molecule has 118 valence electrons. The Kier molecular flexibility index (Phi) is 5.52. The largest absolute Gasteiger partial charge is 0.293 e. The number of sulfonamides is 1. The molecule has 1 N–H and O–H groups in total. The molecule has 1 rings (SSSR count). The van der Waals surface area contributed by atoms with Crippen LogP contribution in [0, 0.1) is 0 Å². The normalized spacial score (nSPS) is 13.7. The second-order valence-corrected chi connectivity index (χ2v) is 9.04. The zero-order valence-electron chi connectivity index (χ0n) is 12.2. The summed E-state index contributed by atoms with van der Waals surface area (Å²) in [5.41, 5.74) is 0.568. The summed E-state index contributed by atoms with van der Waals surface area (Å²) in [5.74, 6) is -0.501. The molecule has 21 heavy (non-hydrogen) atoms. The third kappa shape index (κ3) is 5.13. The van der Waals surface area contributed by atoms with Crippen LogP contribution in [0.2, 0.25) is 0 Å². The second-order valence-electron chi connectivity index (χ2n) is 4.83. The zero-order valence-corrected chi connectivity index (χ0v) is 13.8. The highest BCUT2D eigenvalue weighted by atomic mass is 32.2. The van der Waals surface area contributed by atoms with Gasteiger partial charge < -0.3 is 0 Å². The van der Waals surface area contributed by atoms with Crippen LogP contribution in [0.1, 0.15) is 30.6 Å². The average Bonchev–Trinajstić information content (AvgIpc) is 2.36. The van der Waals surface area contributed by atoms with Crippen LogP contribution in [-0.2, 0) is 19.9 Å². The number of hydrogen-bond acceptors (Lipinski definition) is 5. The van der Waals surface area contributed by atoms with E-state index in [4.69, 9.17) is 0 Å². The summed E-state index contributed by atoms with van der Waals surface area (Å²) in [7, 11) is -6.85. The molecule has 0 amide bonds. The molecular weight excluding hydrogens is 314 g/mol. The van der Waals surface area contributed by atoms with Gasteiger partial charge in [-0.1, -0.05) is 6.92 Å². The molecule has 0 aliphatic carbocycles. The van der Waals surface area contributed by atoms with E-state index in [0.717, 1.165) is 6.26 Å². The highest BCUT2D eigenvalue weighted by molar-refractivity contribution is 7.92. The molecule has 1 aromatic carbocycles. The van der Waals surface area contributed by atoms with Crippen molar-refractivity contribution in [2.75, 3.05) is 16.7 Å². The summed E-state index contributed by atoms with van der Waals surface area (Å²) in [6.45, 7) is 3.09. The van der Waals surface area contributed by atoms with Gasteiger partial charge in [-0.2, -0.15) is 0 Å². The van der Waals surface area contributed by atoms with Crippen molar-refractivity contribution in [3.05, 3.63) is 29.8 Å². The van der Waals surface area contributed by atoms with Crippen molar-refractivity contribution >= 4 is 31.3 Å². The van der Waals surface area contributed by atoms with Gasteiger partial charge in [-0.05, 0) is 37.6 Å². The van der Waals surface area contributed by atoms with Gasteiger partial charge in [-0.15, -0.1) is 0 Å². The number of rotatable bonds is 7. The molecule has 0 fully saturated rings. The van der Waals surface area contributed by atoms with Crippen molar-refractivity contribution in [1.82, 2.24) is 0 Å². The fourth-order valence-corrected chi connectivity index (χ4v) is 3.29. The minimum Gasteiger partial charge on any atom is -0.293 e.